The maximum atomic E-state index is 10.7. The van der Waals surface area contributed by atoms with Gasteiger partial charge in [0, 0.05) is 19.6 Å². The zero-order chi connectivity index (χ0) is 23.8. The van der Waals surface area contributed by atoms with Crippen LogP contribution in [0.1, 0.15) is 49.7 Å². The van der Waals surface area contributed by atoms with Gasteiger partial charge in [-0.15, -0.1) is 0 Å². The molecule has 1 saturated heterocycles. The van der Waals surface area contributed by atoms with Gasteiger partial charge < -0.3 is 14.4 Å². The van der Waals surface area contributed by atoms with Crippen molar-refractivity contribution >= 4 is 0 Å². The highest BCUT2D eigenvalue weighted by atomic mass is 16.5. The van der Waals surface area contributed by atoms with Gasteiger partial charge in [0.15, 0.2) is 0 Å². The summed E-state index contributed by atoms with van der Waals surface area (Å²) in [6, 6.07) is 22.8. The minimum atomic E-state index is -0.483. The molecule has 3 atom stereocenters. The van der Waals surface area contributed by atoms with Crippen LogP contribution in [0.5, 0.6) is 5.75 Å². The number of benzene rings is 2. The molecule has 5 nitrogen and oxygen atoms in total. The van der Waals surface area contributed by atoms with Crippen molar-refractivity contribution in [1.82, 2.24) is 4.90 Å². The van der Waals surface area contributed by atoms with Crippen LogP contribution in [-0.2, 0) is 10.2 Å². The van der Waals surface area contributed by atoms with E-state index < -0.39 is 5.41 Å². The zero-order valence-electron chi connectivity index (χ0n) is 20.2. The second-order valence-electron chi connectivity index (χ2n) is 9.61. The van der Waals surface area contributed by atoms with Crippen LogP contribution in [0.25, 0.3) is 0 Å². The predicted octanol–water partition coefficient (Wildman–Crippen LogP) is 5.32. The van der Waals surface area contributed by atoms with E-state index in [-0.39, 0.29) is 12.0 Å². The van der Waals surface area contributed by atoms with Gasteiger partial charge in [0.25, 0.3) is 0 Å². The summed E-state index contributed by atoms with van der Waals surface area (Å²) in [5, 5.41) is 19.6. The van der Waals surface area contributed by atoms with E-state index in [0.29, 0.717) is 18.1 Å². The van der Waals surface area contributed by atoms with Crippen LogP contribution in [0.3, 0.4) is 0 Å². The average molecular weight is 458 g/mol. The fraction of sp³-hybridized carbons (Fsp3) is 0.517. The predicted molar refractivity (Wildman–Crippen MR) is 132 cm³/mol. The Morgan fingerprint density at radius 3 is 2.35 bits per heavy atom. The van der Waals surface area contributed by atoms with Crippen LogP contribution in [0.4, 0.5) is 0 Å². The maximum Gasteiger partial charge on any atom is 0.119 e. The smallest absolute Gasteiger partial charge is 0.119 e. The number of methoxy groups -OCH3 is 1. The molecule has 1 unspecified atom stereocenters. The van der Waals surface area contributed by atoms with E-state index in [4.69, 9.17) is 14.7 Å². The summed E-state index contributed by atoms with van der Waals surface area (Å²) in [6.07, 6.45) is 6.44. The number of nitriles is 2. The molecule has 1 aliphatic heterocycles. The van der Waals surface area contributed by atoms with Crippen LogP contribution >= 0.6 is 0 Å². The topological polar surface area (TPSA) is 69.3 Å². The Labute approximate surface area is 203 Å². The monoisotopic (exact) mass is 457 g/mol. The number of hydrogen-bond donors (Lipinski definition) is 0. The third-order valence-corrected chi connectivity index (χ3v) is 7.88. The number of ether oxygens (including phenoxy) is 2. The summed E-state index contributed by atoms with van der Waals surface area (Å²) in [5.41, 5.74) is 1.33. The molecule has 0 amide bonds. The van der Waals surface area contributed by atoms with Gasteiger partial charge in [-0.1, -0.05) is 36.8 Å². The molecule has 1 saturated carbocycles. The molecule has 0 radical (unpaired) electrons. The Morgan fingerprint density at radius 2 is 1.71 bits per heavy atom. The maximum absolute atomic E-state index is 10.7. The van der Waals surface area contributed by atoms with E-state index in [9.17, 15) is 5.26 Å². The molecule has 0 aromatic heterocycles. The first-order valence-electron chi connectivity index (χ1n) is 12.6. The number of nitrogens with zero attached hydrogens (tertiary/aromatic N) is 3. The molecule has 0 N–H and O–H groups in total. The van der Waals surface area contributed by atoms with E-state index in [1.807, 2.05) is 18.2 Å². The zero-order valence-corrected chi connectivity index (χ0v) is 20.2. The molecule has 34 heavy (non-hydrogen) atoms. The van der Waals surface area contributed by atoms with Crippen molar-refractivity contribution < 1.29 is 9.47 Å². The molecule has 2 fully saturated rings. The normalized spacial score (nSPS) is 23.0. The van der Waals surface area contributed by atoms with E-state index >= 15 is 0 Å². The van der Waals surface area contributed by atoms with Crippen molar-refractivity contribution in [2.75, 3.05) is 33.4 Å². The quantitative estimate of drug-likeness (QED) is 0.477. The van der Waals surface area contributed by atoms with Gasteiger partial charge in [-0.05, 0) is 80.9 Å². The first-order chi connectivity index (χ1) is 16.7. The lowest BCUT2D eigenvalue weighted by atomic mass is 9.59. The summed E-state index contributed by atoms with van der Waals surface area (Å²) in [6.45, 7) is 3.69. The molecule has 2 aromatic carbocycles. The molecule has 1 aliphatic carbocycles. The number of hydrogen-bond acceptors (Lipinski definition) is 5. The first kappa shape index (κ1) is 24.3. The van der Waals surface area contributed by atoms with Crippen molar-refractivity contribution in [3.63, 3.8) is 0 Å². The minimum Gasteiger partial charge on any atom is -0.494 e. The third-order valence-electron chi connectivity index (χ3n) is 7.88. The fourth-order valence-electron chi connectivity index (χ4n) is 6.15. The van der Waals surface area contributed by atoms with Crippen LogP contribution in [0, 0.1) is 34.5 Å². The molecule has 0 bridgehead atoms. The van der Waals surface area contributed by atoms with Gasteiger partial charge in [0.05, 0.1) is 35.8 Å². The molecule has 0 spiro atoms. The summed E-state index contributed by atoms with van der Waals surface area (Å²) in [7, 11) is 1.80. The summed E-state index contributed by atoms with van der Waals surface area (Å²) in [4.78, 5) is 2.51. The number of rotatable bonds is 9. The Kier molecular flexibility index (Phi) is 8.22. The van der Waals surface area contributed by atoms with Crippen LogP contribution in [-0.4, -0.2) is 44.4 Å². The van der Waals surface area contributed by atoms with Gasteiger partial charge in [-0.2, -0.15) is 10.5 Å². The van der Waals surface area contributed by atoms with Crippen LogP contribution < -0.4 is 4.74 Å². The Hall–Kier alpha value is -2.86. The van der Waals surface area contributed by atoms with Crippen molar-refractivity contribution in [2.24, 2.45) is 11.8 Å². The first-order valence-corrected chi connectivity index (χ1v) is 12.6. The minimum absolute atomic E-state index is 0.164. The lowest BCUT2D eigenvalue weighted by Crippen LogP contribution is -2.49. The molecule has 4 rings (SSSR count). The SMILES string of the molecule is CO[C@@H]1CCC[C@H]1C(C#N)(c1ccccc1)C1CCN(CCCOc2ccc(C#N)cc2)CC1. The summed E-state index contributed by atoms with van der Waals surface area (Å²) in [5.74, 6) is 1.40. The van der Waals surface area contributed by atoms with Crippen molar-refractivity contribution in [1.29, 1.82) is 10.5 Å². The largest absolute Gasteiger partial charge is 0.494 e. The average Bonchev–Trinajstić information content (AvgIpc) is 3.38. The molecule has 2 aliphatic rings. The highest BCUT2D eigenvalue weighted by Gasteiger charge is 2.52. The molecule has 5 heteroatoms. The number of piperidine rings is 1. The van der Waals surface area contributed by atoms with E-state index in [1.54, 1.807) is 19.2 Å². The second kappa shape index (κ2) is 11.5. The lowest BCUT2D eigenvalue weighted by Gasteiger charge is -2.45. The third kappa shape index (κ3) is 5.12. The molecule has 178 valence electrons. The van der Waals surface area contributed by atoms with E-state index in [1.165, 1.54) is 5.56 Å². The van der Waals surface area contributed by atoms with Crippen molar-refractivity contribution in [3.05, 3.63) is 65.7 Å². The van der Waals surface area contributed by atoms with Gasteiger partial charge in [-0.25, -0.2) is 0 Å². The molecule has 1 heterocycles. The molecular weight excluding hydrogens is 422 g/mol. The summed E-state index contributed by atoms with van der Waals surface area (Å²) >= 11 is 0. The van der Waals surface area contributed by atoms with E-state index in [0.717, 1.165) is 63.9 Å². The lowest BCUT2D eigenvalue weighted by molar-refractivity contribution is 0.0205. The van der Waals surface area contributed by atoms with Gasteiger partial charge >= 0.3 is 0 Å². The Morgan fingerprint density at radius 1 is 0.971 bits per heavy atom. The molecular formula is C29H35N3O2. The van der Waals surface area contributed by atoms with Gasteiger partial charge in [0.2, 0.25) is 0 Å². The highest BCUT2D eigenvalue weighted by Crippen LogP contribution is 2.50. The van der Waals surface area contributed by atoms with Crippen LogP contribution in [0.15, 0.2) is 54.6 Å². The van der Waals surface area contributed by atoms with Crippen molar-refractivity contribution in [3.8, 4) is 17.9 Å². The fourth-order valence-corrected chi connectivity index (χ4v) is 6.15. The number of likely N-dealkylation sites (tertiary alicyclic amines) is 1. The standard InChI is InChI=1S/C29H35N3O2/c1-33-28-10-5-9-27(28)29(22-31,24-7-3-2-4-8-24)25-15-18-32(19-16-25)17-6-20-34-26-13-11-23(21-30)12-14-26/h2-4,7-8,11-14,25,27-28H,5-6,9-10,15-20H2,1H3/t27-,28-,29?/m1/s1. The molecule has 2 aromatic rings. The van der Waals surface area contributed by atoms with Gasteiger partial charge in [-0.3, -0.25) is 0 Å². The van der Waals surface area contributed by atoms with Gasteiger partial charge in [0.1, 0.15) is 5.75 Å². The summed E-state index contributed by atoms with van der Waals surface area (Å²) < 4.78 is 11.7. The second-order valence-corrected chi connectivity index (χ2v) is 9.61. The van der Waals surface area contributed by atoms with Crippen LogP contribution in [0.2, 0.25) is 0 Å². The van der Waals surface area contributed by atoms with Crippen molar-refractivity contribution in [2.45, 2.75) is 50.0 Å². The highest BCUT2D eigenvalue weighted by molar-refractivity contribution is 5.37. The Balaban J connectivity index is 1.35. The van der Waals surface area contributed by atoms with E-state index in [2.05, 4.69) is 41.3 Å². The Bertz CT molecular complexity index is 987.